The van der Waals surface area contributed by atoms with E-state index in [0.717, 1.165) is 5.56 Å². The second-order valence-corrected chi connectivity index (χ2v) is 2.96. The van der Waals surface area contributed by atoms with Gasteiger partial charge in [0.05, 0.1) is 0 Å². The second-order valence-electron chi connectivity index (χ2n) is 2.33. The molecule has 0 fully saturated rings. The van der Waals surface area contributed by atoms with Crippen LogP contribution in [0.15, 0.2) is 18.2 Å². The van der Waals surface area contributed by atoms with Gasteiger partial charge >= 0.3 is 0 Å². The highest BCUT2D eigenvalue weighted by Gasteiger charge is 1.97. The fraction of sp³-hybridized carbons (Fsp3) is 0.143. The van der Waals surface area contributed by atoms with Crippen molar-refractivity contribution in [1.29, 1.82) is 0 Å². The SMILES string of the molecule is Cc1cc(O[SH](=O)=O)ccc1N. The summed E-state index contributed by atoms with van der Waals surface area (Å²) in [5.74, 6) is 0.290. The Labute approximate surface area is 72.1 Å². The molecule has 4 nitrogen and oxygen atoms in total. The van der Waals surface area contributed by atoms with Crippen molar-refractivity contribution in [3.8, 4) is 5.75 Å². The van der Waals surface area contributed by atoms with Crippen molar-refractivity contribution in [2.45, 2.75) is 6.92 Å². The summed E-state index contributed by atoms with van der Waals surface area (Å²) in [6, 6.07) is 4.68. The van der Waals surface area contributed by atoms with Gasteiger partial charge in [0.15, 0.2) is 0 Å². The van der Waals surface area contributed by atoms with E-state index in [-0.39, 0.29) is 5.75 Å². The fourth-order valence-electron chi connectivity index (χ4n) is 0.791. The average Bonchev–Trinajstić information content (AvgIpc) is 1.96. The third-order valence-electron chi connectivity index (χ3n) is 1.42. The molecule has 1 aromatic rings. The van der Waals surface area contributed by atoms with E-state index in [0.29, 0.717) is 5.69 Å². The molecule has 0 radical (unpaired) electrons. The molecule has 0 bridgehead atoms. The molecule has 1 rings (SSSR count). The maximum absolute atomic E-state index is 10.1. The number of nitrogens with two attached hydrogens (primary N) is 1. The summed E-state index contributed by atoms with van der Waals surface area (Å²) < 4.78 is 24.7. The van der Waals surface area contributed by atoms with Crippen molar-refractivity contribution >= 4 is 16.7 Å². The van der Waals surface area contributed by atoms with Crippen molar-refractivity contribution in [2.24, 2.45) is 0 Å². The molecule has 0 atom stereocenters. The highest BCUT2D eigenvalue weighted by molar-refractivity contribution is 7.67. The van der Waals surface area contributed by atoms with Gasteiger partial charge in [-0.1, -0.05) is 0 Å². The van der Waals surface area contributed by atoms with Crippen LogP contribution in [-0.2, 0) is 11.0 Å². The maximum Gasteiger partial charge on any atom is 0.299 e. The van der Waals surface area contributed by atoms with Gasteiger partial charge in [0, 0.05) is 5.69 Å². The fourth-order valence-corrected chi connectivity index (χ4v) is 1.08. The van der Waals surface area contributed by atoms with Crippen LogP contribution in [0.4, 0.5) is 5.69 Å². The van der Waals surface area contributed by atoms with Crippen molar-refractivity contribution in [3.05, 3.63) is 23.8 Å². The van der Waals surface area contributed by atoms with Crippen LogP contribution in [0.5, 0.6) is 5.75 Å². The molecule has 0 aliphatic carbocycles. The van der Waals surface area contributed by atoms with Crippen LogP contribution in [0.1, 0.15) is 5.56 Å². The van der Waals surface area contributed by atoms with Crippen LogP contribution in [0.25, 0.3) is 0 Å². The van der Waals surface area contributed by atoms with Crippen LogP contribution in [0, 0.1) is 6.92 Å². The molecule has 66 valence electrons. The molecule has 0 amide bonds. The molecule has 5 heteroatoms. The smallest absolute Gasteiger partial charge is 0.299 e. The molecule has 1 aromatic carbocycles. The summed E-state index contributed by atoms with van der Waals surface area (Å²) in [6.45, 7) is 1.78. The third kappa shape index (κ3) is 2.13. The molecule has 0 saturated carbocycles. The van der Waals surface area contributed by atoms with Gasteiger partial charge in [0.25, 0.3) is 11.0 Å². The van der Waals surface area contributed by atoms with Gasteiger partial charge in [-0.3, -0.25) is 0 Å². The minimum absolute atomic E-state index is 0.290. The molecule has 0 heterocycles. The molecule has 0 aromatic heterocycles. The molecular weight excluding hydrogens is 178 g/mol. The molecule has 0 aliphatic rings. The van der Waals surface area contributed by atoms with E-state index in [1.807, 2.05) is 0 Å². The Kier molecular flexibility index (Phi) is 2.54. The highest BCUT2D eigenvalue weighted by Crippen LogP contribution is 2.18. The number of nitrogen functional groups attached to an aromatic ring is 1. The van der Waals surface area contributed by atoms with Gasteiger partial charge in [-0.2, -0.15) is 8.42 Å². The van der Waals surface area contributed by atoms with Gasteiger partial charge in [-0.05, 0) is 30.7 Å². The number of benzene rings is 1. The summed E-state index contributed by atoms with van der Waals surface area (Å²) in [5, 5.41) is 0. The minimum atomic E-state index is -2.84. The lowest BCUT2D eigenvalue weighted by atomic mass is 10.2. The topological polar surface area (TPSA) is 69.4 Å². The number of aryl methyl sites for hydroxylation is 1. The Morgan fingerprint density at radius 1 is 1.42 bits per heavy atom. The van der Waals surface area contributed by atoms with Crippen LogP contribution >= 0.6 is 0 Å². The summed E-state index contributed by atoms with van der Waals surface area (Å²) in [7, 11) is -2.84. The average molecular weight is 187 g/mol. The molecule has 2 N–H and O–H groups in total. The monoisotopic (exact) mass is 187 g/mol. The van der Waals surface area contributed by atoms with Gasteiger partial charge in [0.1, 0.15) is 5.75 Å². The molecule has 0 spiro atoms. The summed E-state index contributed by atoms with van der Waals surface area (Å²) in [5.41, 5.74) is 6.92. The van der Waals surface area contributed by atoms with Crippen molar-refractivity contribution in [3.63, 3.8) is 0 Å². The van der Waals surface area contributed by atoms with Gasteiger partial charge in [-0.25, -0.2) is 0 Å². The van der Waals surface area contributed by atoms with E-state index in [1.165, 1.54) is 6.07 Å². The van der Waals surface area contributed by atoms with Crippen molar-refractivity contribution < 1.29 is 12.6 Å². The maximum atomic E-state index is 10.1. The number of hydrogen-bond donors (Lipinski definition) is 2. The van der Waals surface area contributed by atoms with E-state index in [4.69, 9.17) is 5.73 Å². The lowest BCUT2D eigenvalue weighted by Gasteiger charge is -2.01. The van der Waals surface area contributed by atoms with Gasteiger partial charge in [-0.15, -0.1) is 0 Å². The number of rotatable bonds is 2. The Balaban J connectivity index is 2.97. The molecule has 0 unspecified atom stereocenters. The predicted molar refractivity (Wildman–Crippen MR) is 46.5 cm³/mol. The molecular formula is C7H9NO3S. The zero-order valence-electron chi connectivity index (χ0n) is 6.48. The van der Waals surface area contributed by atoms with Crippen LogP contribution < -0.4 is 9.92 Å². The predicted octanol–water partition coefficient (Wildman–Crippen LogP) is 0.482. The zero-order chi connectivity index (χ0) is 9.14. The van der Waals surface area contributed by atoms with E-state index in [9.17, 15) is 8.42 Å². The highest BCUT2D eigenvalue weighted by atomic mass is 32.2. The Morgan fingerprint density at radius 2 is 2.08 bits per heavy atom. The van der Waals surface area contributed by atoms with E-state index in [2.05, 4.69) is 4.18 Å². The quantitative estimate of drug-likeness (QED) is 0.522. The number of anilines is 1. The summed E-state index contributed by atoms with van der Waals surface area (Å²) >= 11 is 0. The molecule has 0 aliphatic heterocycles. The first-order chi connectivity index (χ1) is 5.59. The minimum Gasteiger partial charge on any atom is -0.399 e. The largest absolute Gasteiger partial charge is 0.399 e. The van der Waals surface area contributed by atoms with E-state index >= 15 is 0 Å². The Hall–Kier alpha value is -1.23. The van der Waals surface area contributed by atoms with E-state index < -0.39 is 11.0 Å². The lowest BCUT2D eigenvalue weighted by Crippen LogP contribution is -1.93. The first-order valence-corrected chi connectivity index (χ1v) is 4.37. The van der Waals surface area contributed by atoms with Crippen LogP contribution in [-0.4, -0.2) is 8.42 Å². The Morgan fingerprint density at radius 3 is 2.58 bits per heavy atom. The first-order valence-electron chi connectivity index (χ1n) is 3.28. The Bertz CT molecular complexity index is 352. The van der Waals surface area contributed by atoms with Crippen molar-refractivity contribution in [1.82, 2.24) is 0 Å². The molecule has 12 heavy (non-hydrogen) atoms. The van der Waals surface area contributed by atoms with Crippen molar-refractivity contribution in [2.75, 3.05) is 5.73 Å². The standard InChI is InChI=1S/C7H9NO3S/c1-5-4-6(11-12(9)10)2-3-7(5)8/h2-4,12H,8H2,1H3. The number of thiol groups is 1. The normalized spacial score (nSPS) is 10.2. The summed E-state index contributed by atoms with van der Waals surface area (Å²) in [6.07, 6.45) is 0. The zero-order valence-corrected chi connectivity index (χ0v) is 7.38. The van der Waals surface area contributed by atoms with E-state index in [1.54, 1.807) is 19.1 Å². The van der Waals surface area contributed by atoms with Gasteiger partial charge in [0.2, 0.25) is 0 Å². The molecule has 0 saturated heterocycles. The third-order valence-corrected chi connectivity index (χ3v) is 1.78. The van der Waals surface area contributed by atoms with Gasteiger partial charge < -0.3 is 9.92 Å². The first kappa shape index (κ1) is 8.86. The lowest BCUT2D eigenvalue weighted by molar-refractivity contribution is 0.510. The van der Waals surface area contributed by atoms with Crippen LogP contribution in [0.3, 0.4) is 0 Å². The second kappa shape index (κ2) is 3.44. The van der Waals surface area contributed by atoms with Crippen LogP contribution in [0.2, 0.25) is 0 Å². The summed E-state index contributed by atoms with van der Waals surface area (Å²) in [4.78, 5) is 0. The number of hydrogen-bond acceptors (Lipinski definition) is 4.